The lowest BCUT2D eigenvalue weighted by Gasteiger charge is -2.30. The molecule has 0 bridgehead atoms. The molecule has 1 saturated heterocycles. The van der Waals surface area contributed by atoms with E-state index in [-0.39, 0.29) is 0 Å². The van der Waals surface area contributed by atoms with Gasteiger partial charge in [0.2, 0.25) is 0 Å². The first-order valence-electron chi connectivity index (χ1n) is 5.68. The molecule has 3 N–H and O–H groups in total. The predicted octanol–water partition coefficient (Wildman–Crippen LogP) is 1.35. The Bertz CT molecular complexity index is 323. The molecule has 0 spiro atoms. The fourth-order valence-electron chi connectivity index (χ4n) is 2.03. The minimum Gasteiger partial charge on any atom is -0.330 e. The van der Waals surface area contributed by atoms with Gasteiger partial charge in [0.15, 0.2) is 0 Å². The Morgan fingerprint density at radius 2 is 2.19 bits per heavy atom. The molecule has 1 unspecified atom stereocenters. The molecule has 1 aromatic heterocycles. The summed E-state index contributed by atoms with van der Waals surface area (Å²) in [6.07, 6.45) is 0. The molecule has 1 aliphatic heterocycles. The maximum atomic E-state index is 5.96. The number of hydrogen-bond donors (Lipinski definition) is 2. The third-order valence-electron chi connectivity index (χ3n) is 2.97. The van der Waals surface area contributed by atoms with Crippen molar-refractivity contribution in [2.45, 2.75) is 5.92 Å². The molecule has 0 aliphatic carbocycles. The summed E-state index contributed by atoms with van der Waals surface area (Å²) in [5, 5.41) is 3.36. The molecular formula is C11H18ClN3S. The summed E-state index contributed by atoms with van der Waals surface area (Å²) in [7, 11) is 0. The zero-order valence-electron chi connectivity index (χ0n) is 9.29. The van der Waals surface area contributed by atoms with E-state index < -0.39 is 0 Å². The zero-order chi connectivity index (χ0) is 11.4. The topological polar surface area (TPSA) is 41.3 Å². The maximum absolute atomic E-state index is 5.96. The first kappa shape index (κ1) is 12.3. The average Bonchev–Trinajstić information content (AvgIpc) is 2.74. The fourth-order valence-corrected chi connectivity index (χ4v) is 3.20. The van der Waals surface area contributed by atoms with Gasteiger partial charge >= 0.3 is 0 Å². The minimum atomic E-state index is 0.426. The van der Waals surface area contributed by atoms with Crippen molar-refractivity contribution in [3.05, 3.63) is 21.3 Å². The second-order valence-electron chi connectivity index (χ2n) is 4.13. The van der Waals surface area contributed by atoms with Gasteiger partial charge < -0.3 is 16.0 Å². The predicted molar refractivity (Wildman–Crippen MR) is 70.4 cm³/mol. The summed E-state index contributed by atoms with van der Waals surface area (Å²) in [4.78, 5) is 3.79. The van der Waals surface area contributed by atoms with E-state index in [0.717, 1.165) is 37.1 Å². The largest absolute Gasteiger partial charge is 0.330 e. The molecule has 1 fully saturated rings. The summed E-state index contributed by atoms with van der Waals surface area (Å²) >= 11 is 7.61. The quantitative estimate of drug-likeness (QED) is 0.858. The molecule has 1 atom stereocenters. The Hall–Kier alpha value is -0.130. The van der Waals surface area contributed by atoms with Crippen molar-refractivity contribution >= 4 is 22.9 Å². The second-order valence-corrected chi connectivity index (χ2v) is 5.87. The van der Waals surface area contributed by atoms with Crippen LogP contribution in [0.1, 0.15) is 10.8 Å². The van der Waals surface area contributed by atoms with Gasteiger partial charge in [0.1, 0.15) is 0 Å². The van der Waals surface area contributed by atoms with Crippen LogP contribution in [-0.4, -0.2) is 44.2 Å². The first-order valence-corrected chi connectivity index (χ1v) is 6.87. The van der Waals surface area contributed by atoms with E-state index in [1.807, 2.05) is 6.07 Å². The van der Waals surface area contributed by atoms with E-state index in [1.165, 1.54) is 4.88 Å². The van der Waals surface area contributed by atoms with Crippen molar-refractivity contribution < 1.29 is 0 Å². The number of piperazine rings is 1. The summed E-state index contributed by atoms with van der Waals surface area (Å²) in [5.74, 6) is 0.426. The Balaban J connectivity index is 1.94. The van der Waals surface area contributed by atoms with Crippen LogP contribution in [0.5, 0.6) is 0 Å². The van der Waals surface area contributed by atoms with E-state index in [9.17, 15) is 0 Å². The Kier molecular flexibility index (Phi) is 4.61. The van der Waals surface area contributed by atoms with E-state index in [0.29, 0.717) is 12.5 Å². The SMILES string of the molecule is NCC(CN1CCNCC1)c1ccc(Cl)s1. The molecule has 1 aromatic rings. The van der Waals surface area contributed by atoms with Crippen molar-refractivity contribution in [3.8, 4) is 0 Å². The highest BCUT2D eigenvalue weighted by atomic mass is 35.5. The van der Waals surface area contributed by atoms with E-state index >= 15 is 0 Å². The lowest BCUT2D eigenvalue weighted by atomic mass is 10.1. The third-order valence-corrected chi connectivity index (χ3v) is 4.36. The lowest BCUT2D eigenvalue weighted by molar-refractivity contribution is 0.229. The van der Waals surface area contributed by atoms with Gasteiger partial charge in [-0.2, -0.15) is 0 Å². The molecule has 1 aliphatic rings. The number of nitrogens with zero attached hydrogens (tertiary/aromatic N) is 1. The number of thiophene rings is 1. The van der Waals surface area contributed by atoms with Gasteiger partial charge in [0.25, 0.3) is 0 Å². The summed E-state index contributed by atoms with van der Waals surface area (Å²) in [5.41, 5.74) is 5.85. The van der Waals surface area contributed by atoms with Gasteiger partial charge in [-0.25, -0.2) is 0 Å². The normalized spacial score (nSPS) is 19.9. The van der Waals surface area contributed by atoms with Crippen LogP contribution >= 0.6 is 22.9 Å². The van der Waals surface area contributed by atoms with Crippen molar-refractivity contribution in [1.82, 2.24) is 10.2 Å². The standard InChI is InChI=1S/C11H18ClN3S/c12-11-2-1-10(16-11)9(7-13)8-15-5-3-14-4-6-15/h1-2,9,14H,3-8,13H2. The van der Waals surface area contributed by atoms with Crippen LogP contribution in [0.4, 0.5) is 0 Å². The molecule has 90 valence electrons. The number of rotatable bonds is 4. The average molecular weight is 260 g/mol. The van der Waals surface area contributed by atoms with Crippen LogP contribution in [0.25, 0.3) is 0 Å². The smallest absolute Gasteiger partial charge is 0.0931 e. The van der Waals surface area contributed by atoms with Gasteiger partial charge in [0, 0.05) is 50.1 Å². The molecule has 3 nitrogen and oxygen atoms in total. The highest BCUT2D eigenvalue weighted by Gasteiger charge is 2.17. The summed E-state index contributed by atoms with van der Waals surface area (Å²) in [6.45, 7) is 6.16. The number of nitrogens with two attached hydrogens (primary N) is 1. The maximum Gasteiger partial charge on any atom is 0.0931 e. The van der Waals surface area contributed by atoms with Crippen LogP contribution in [0.15, 0.2) is 12.1 Å². The molecule has 0 saturated carbocycles. The van der Waals surface area contributed by atoms with Crippen LogP contribution in [0.2, 0.25) is 4.34 Å². The van der Waals surface area contributed by atoms with Crippen LogP contribution in [-0.2, 0) is 0 Å². The minimum absolute atomic E-state index is 0.426. The molecule has 0 aromatic carbocycles. The van der Waals surface area contributed by atoms with Gasteiger partial charge in [-0.3, -0.25) is 0 Å². The van der Waals surface area contributed by atoms with Gasteiger partial charge in [-0.1, -0.05) is 11.6 Å². The summed E-state index contributed by atoms with van der Waals surface area (Å²) < 4.78 is 0.855. The number of nitrogens with one attached hydrogen (secondary N) is 1. The summed E-state index contributed by atoms with van der Waals surface area (Å²) in [6, 6.07) is 4.06. The Morgan fingerprint density at radius 3 is 2.75 bits per heavy atom. The molecule has 0 amide bonds. The molecule has 0 radical (unpaired) electrons. The lowest BCUT2D eigenvalue weighted by Crippen LogP contribution is -2.45. The second kappa shape index (κ2) is 5.98. The Morgan fingerprint density at radius 1 is 1.44 bits per heavy atom. The molecule has 2 rings (SSSR count). The first-order chi connectivity index (χ1) is 7.79. The van der Waals surface area contributed by atoms with Crippen LogP contribution in [0.3, 0.4) is 0 Å². The molecule has 5 heteroatoms. The number of hydrogen-bond acceptors (Lipinski definition) is 4. The third kappa shape index (κ3) is 3.18. The van der Waals surface area contributed by atoms with Crippen molar-refractivity contribution in [2.75, 3.05) is 39.3 Å². The van der Waals surface area contributed by atoms with Crippen molar-refractivity contribution in [2.24, 2.45) is 5.73 Å². The van der Waals surface area contributed by atoms with Gasteiger partial charge in [-0.15, -0.1) is 11.3 Å². The highest BCUT2D eigenvalue weighted by Crippen LogP contribution is 2.28. The fraction of sp³-hybridized carbons (Fsp3) is 0.636. The molecule has 2 heterocycles. The van der Waals surface area contributed by atoms with Crippen molar-refractivity contribution in [1.29, 1.82) is 0 Å². The number of halogens is 1. The van der Waals surface area contributed by atoms with Crippen LogP contribution in [0, 0.1) is 0 Å². The van der Waals surface area contributed by atoms with E-state index in [4.69, 9.17) is 17.3 Å². The highest BCUT2D eigenvalue weighted by molar-refractivity contribution is 7.16. The van der Waals surface area contributed by atoms with E-state index in [1.54, 1.807) is 11.3 Å². The monoisotopic (exact) mass is 259 g/mol. The van der Waals surface area contributed by atoms with E-state index in [2.05, 4.69) is 16.3 Å². The molecular weight excluding hydrogens is 242 g/mol. The zero-order valence-corrected chi connectivity index (χ0v) is 10.9. The van der Waals surface area contributed by atoms with Gasteiger partial charge in [0.05, 0.1) is 4.34 Å². The Labute approximate surface area is 106 Å². The molecule has 16 heavy (non-hydrogen) atoms. The van der Waals surface area contributed by atoms with Crippen molar-refractivity contribution in [3.63, 3.8) is 0 Å². The van der Waals surface area contributed by atoms with Crippen LogP contribution < -0.4 is 11.1 Å². The van der Waals surface area contributed by atoms with Gasteiger partial charge in [-0.05, 0) is 12.1 Å².